The Morgan fingerprint density at radius 1 is 1.21 bits per heavy atom. The van der Waals surface area contributed by atoms with Crippen molar-refractivity contribution in [1.82, 2.24) is 15.1 Å². The van der Waals surface area contributed by atoms with E-state index < -0.39 is 0 Å². The van der Waals surface area contributed by atoms with Crippen molar-refractivity contribution < 1.29 is 14.3 Å². The predicted octanol–water partition coefficient (Wildman–Crippen LogP) is 3.22. The number of rotatable bonds is 5. The highest BCUT2D eigenvalue weighted by molar-refractivity contribution is 6.04. The zero-order valence-electron chi connectivity index (χ0n) is 16.0. The normalized spacial score (nSPS) is 16.0. The monoisotopic (exact) mass is 414 g/mol. The molecule has 2 N–H and O–H groups in total. The van der Waals surface area contributed by atoms with Crippen molar-refractivity contribution in [2.24, 2.45) is 0 Å². The van der Waals surface area contributed by atoms with Gasteiger partial charge in [0.05, 0.1) is 37.3 Å². The van der Waals surface area contributed by atoms with Crippen LogP contribution in [0.5, 0.6) is 5.75 Å². The van der Waals surface area contributed by atoms with E-state index in [2.05, 4.69) is 15.7 Å². The molecule has 1 aliphatic rings. The quantitative estimate of drug-likeness (QED) is 0.670. The van der Waals surface area contributed by atoms with Crippen LogP contribution >= 0.6 is 12.4 Å². The lowest BCUT2D eigenvalue weighted by Gasteiger charge is -2.24. The average Bonchev–Trinajstić information content (AvgIpc) is 3.25. The molecule has 0 unspecified atom stereocenters. The predicted molar refractivity (Wildman–Crippen MR) is 113 cm³/mol. The first kappa shape index (κ1) is 20.9. The Hall–Kier alpha value is -2.87. The molecule has 2 heterocycles. The molecule has 1 atom stereocenters. The topological polar surface area (TPSA) is 77.4 Å². The smallest absolute Gasteiger partial charge is 0.258 e. The van der Waals surface area contributed by atoms with Crippen molar-refractivity contribution in [1.29, 1.82) is 0 Å². The fourth-order valence-corrected chi connectivity index (χ4v) is 3.08. The van der Waals surface area contributed by atoms with E-state index >= 15 is 0 Å². The van der Waals surface area contributed by atoms with Crippen molar-refractivity contribution in [3.8, 4) is 11.4 Å². The molecular weight excluding hydrogens is 392 g/mol. The molecule has 0 radical (unpaired) electrons. The number of nitrogens with one attached hydrogen (secondary N) is 2. The molecule has 7 nitrogen and oxygen atoms in total. The van der Waals surface area contributed by atoms with E-state index in [0.29, 0.717) is 12.2 Å². The van der Waals surface area contributed by atoms with E-state index in [-0.39, 0.29) is 24.4 Å². The van der Waals surface area contributed by atoms with Gasteiger partial charge in [-0.25, -0.2) is 4.68 Å². The van der Waals surface area contributed by atoms with Crippen molar-refractivity contribution in [2.75, 3.05) is 32.1 Å². The van der Waals surface area contributed by atoms with Gasteiger partial charge in [0.2, 0.25) is 0 Å². The molecule has 4 rings (SSSR count). The molecule has 0 bridgehead atoms. The lowest BCUT2D eigenvalue weighted by molar-refractivity contribution is 0.0277. The van der Waals surface area contributed by atoms with Gasteiger partial charge in [0.1, 0.15) is 5.75 Å². The summed E-state index contributed by atoms with van der Waals surface area (Å²) < 4.78 is 12.6. The van der Waals surface area contributed by atoms with E-state index in [1.54, 1.807) is 24.2 Å². The minimum absolute atomic E-state index is 0. The Bertz CT molecular complexity index is 935. The van der Waals surface area contributed by atoms with Gasteiger partial charge in [-0.3, -0.25) is 4.79 Å². The maximum atomic E-state index is 12.5. The molecule has 3 aromatic rings. The highest BCUT2D eigenvalue weighted by Gasteiger charge is 2.16. The summed E-state index contributed by atoms with van der Waals surface area (Å²) in [5.74, 6) is 0.565. The maximum absolute atomic E-state index is 12.5. The molecule has 1 amide bonds. The standard InChI is InChI=1S/C21H22N4O3.ClH/c1-27-19-8-6-18(7-9-19)25-14-16(12-23-25)21(26)24-17-4-2-15(3-5-17)20-13-22-10-11-28-20;/h2-9,12,14,20,22H,10-11,13H2,1H3,(H,24,26);1H/t20-;/m1./s1. The van der Waals surface area contributed by atoms with Gasteiger partial charge in [-0.1, -0.05) is 12.1 Å². The van der Waals surface area contributed by atoms with Gasteiger partial charge in [0.15, 0.2) is 0 Å². The number of carbonyl (C=O) groups excluding carboxylic acids is 1. The third-order valence-corrected chi connectivity index (χ3v) is 4.65. The molecule has 1 aromatic heterocycles. The fourth-order valence-electron chi connectivity index (χ4n) is 3.08. The van der Waals surface area contributed by atoms with Crippen LogP contribution in [-0.2, 0) is 4.74 Å². The molecule has 0 aliphatic carbocycles. The number of benzene rings is 2. The number of methoxy groups -OCH3 is 1. The molecule has 1 fully saturated rings. The lowest BCUT2D eigenvalue weighted by Crippen LogP contribution is -2.33. The van der Waals surface area contributed by atoms with E-state index in [1.165, 1.54) is 0 Å². The minimum atomic E-state index is -0.205. The molecule has 29 heavy (non-hydrogen) atoms. The third-order valence-electron chi connectivity index (χ3n) is 4.65. The zero-order valence-corrected chi connectivity index (χ0v) is 16.8. The first-order valence-electron chi connectivity index (χ1n) is 9.15. The Labute approximate surface area is 175 Å². The average molecular weight is 415 g/mol. The van der Waals surface area contributed by atoms with Gasteiger partial charge in [-0.05, 0) is 42.0 Å². The lowest BCUT2D eigenvalue weighted by atomic mass is 10.1. The van der Waals surface area contributed by atoms with Gasteiger partial charge in [0.25, 0.3) is 5.91 Å². The van der Waals surface area contributed by atoms with Crippen LogP contribution in [-0.4, -0.2) is 42.5 Å². The summed E-state index contributed by atoms with van der Waals surface area (Å²) in [7, 11) is 1.62. The first-order valence-corrected chi connectivity index (χ1v) is 9.15. The van der Waals surface area contributed by atoms with Gasteiger partial charge in [-0.15, -0.1) is 12.4 Å². The number of morpholine rings is 1. The molecule has 152 valence electrons. The Balaban J connectivity index is 0.00000240. The van der Waals surface area contributed by atoms with Crippen LogP contribution in [0.15, 0.2) is 60.9 Å². The number of amides is 1. The van der Waals surface area contributed by atoms with Gasteiger partial charge >= 0.3 is 0 Å². The van der Waals surface area contributed by atoms with Crippen molar-refractivity contribution in [3.05, 3.63) is 72.1 Å². The number of nitrogens with zero attached hydrogens (tertiary/aromatic N) is 2. The van der Waals surface area contributed by atoms with Crippen LogP contribution in [0, 0.1) is 0 Å². The summed E-state index contributed by atoms with van der Waals surface area (Å²) in [6, 6.07) is 15.2. The van der Waals surface area contributed by atoms with Crippen LogP contribution < -0.4 is 15.4 Å². The van der Waals surface area contributed by atoms with Crippen molar-refractivity contribution >= 4 is 24.0 Å². The molecule has 1 aliphatic heterocycles. The fraction of sp³-hybridized carbons (Fsp3) is 0.238. The molecule has 1 saturated heterocycles. The zero-order chi connectivity index (χ0) is 19.3. The van der Waals surface area contributed by atoms with Crippen molar-refractivity contribution in [3.63, 3.8) is 0 Å². The van der Waals surface area contributed by atoms with Crippen LogP contribution in [0.3, 0.4) is 0 Å². The van der Waals surface area contributed by atoms with Gasteiger partial charge < -0.3 is 20.1 Å². The SMILES string of the molecule is COc1ccc(-n2cc(C(=O)Nc3ccc([C@H]4CNCCO4)cc3)cn2)cc1.Cl. The number of anilines is 1. The molecule has 0 spiro atoms. The Morgan fingerprint density at radius 2 is 1.97 bits per heavy atom. The van der Waals surface area contributed by atoms with Gasteiger partial charge in [-0.2, -0.15) is 5.10 Å². The van der Waals surface area contributed by atoms with Crippen molar-refractivity contribution in [2.45, 2.75) is 6.10 Å². The maximum Gasteiger partial charge on any atom is 0.258 e. The first-order chi connectivity index (χ1) is 13.7. The Morgan fingerprint density at radius 3 is 2.62 bits per heavy atom. The second kappa shape index (κ2) is 9.56. The number of hydrogen-bond donors (Lipinski definition) is 2. The number of ether oxygens (including phenoxy) is 2. The van der Waals surface area contributed by atoms with Gasteiger partial charge in [0, 0.05) is 25.0 Å². The molecule has 8 heteroatoms. The minimum Gasteiger partial charge on any atom is -0.497 e. The highest BCUT2D eigenvalue weighted by Crippen LogP contribution is 2.21. The van der Waals surface area contributed by atoms with Crippen LogP contribution in [0.25, 0.3) is 5.69 Å². The summed E-state index contributed by atoms with van der Waals surface area (Å²) in [6.45, 7) is 2.40. The summed E-state index contributed by atoms with van der Waals surface area (Å²) in [6.07, 6.45) is 3.31. The van der Waals surface area contributed by atoms with E-state index in [0.717, 1.165) is 35.8 Å². The largest absolute Gasteiger partial charge is 0.497 e. The third kappa shape index (κ3) is 4.95. The summed E-state index contributed by atoms with van der Waals surface area (Å²) >= 11 is 0. The van der Waals surface area contributed by atoms with Crippen LogP contribution in [0.4, 0.5) is 5.69 Å². The second-order valence-electron chi connectivity index (χ2n) is 6.51. The summed E-state index contributed by atoms with van der Waals surface area (Å²) in [5, 5.41) is 10.5. The number of halogens is 1. The van der Waals surface area contributed by atoms with E-state index in [1.807, 2.05) is 48.5 Å². The summed E-state index contributed by atoms with van der Waals surface area (Å²) in [5.41, 5.74) is 3.16. The Kier molecular flexibility index (Phi) is 6.87. The van der Waals surface area contributed by atoms with E-state index in [4.69, 9.17) is 9.47 Å². The second-order valence-corrected chi connectivity index (χ2v) is 6.51. The highest BCUT2D eigenvalue weighted by atomic mass is 35.5. The number of hydrogen-bond acceptors (Lipinski definition) is 5. The number of aromatic nitrogens is 2. The van der Waals surface area contributed by atoms with Crippen LogP contribution in [0.1, 0.15) is 22.0 Å². The molecule has 0 saturated carbocycles. The number of carbonyl (C=O) groups is 1. The van der Waals surface area contributed by atoms with Crippen LogP contribution in [0.2, 0.25) is 0 Å². The molecule has 2 aromatic carbocycles. The summed E-state index contributed by atoms with van der Waals surface area (Å²) in [4.78, 5) is 12.5. The van der Waals surface area contributed by atoms with E-state index in [9.17, 15) is 4.79 Å². The molecular formula is C21H23ClN4O3.